The molecule has 2 aromatic carbocycles. The number of carbonyl (C=O) groups excluding carboxylic acids is 1. The van der Waals surface area contributed by atoms with Crippen molar-refractivity contribution in [2.24, 2.45) is 4.99 Å². The second-order valence-corrected chi connectivity index (χ2v) is 9.49. The summed E-state index contributed by atoms with van der Waals surface area (Å²) in [5.41, 5.74) is 4.83. The third-order valence-corrected chi connectivity index (χ3v) is 6.58. The van der Waals surface area contributed by atoms with E-state index < -0.39 is 6.09 Å². The summed E-state index contributed by atoms with van der Waals surface area (Å²) in [5.74, 6) is -0.119. The van der Waals surface area contributed by atoms with Gasteiger partial charge >= 0.3 is 6.09 Å². The van der Waals surface area contributed by atoms with Crippen LogP contribution in [0.1, 0.15) is 65.8 Å². The summed E-state index contributed by atoms with van der Waals surface area (Å²) in [4.78, 5) is 29.6. The smallest absolute Gasteiger partial charge is 0.404 e. The van der Waals surface area contributed by atoms with Gasteiger partial charge in [-0.3, -0.25) is 4.79 Å². The minimum atomic E-state index is -1.01. The SMILES string of the molecule is CCC(NC(=O)c1csc(=Nc2cc(C)cc(C)c2)n1CCCCCNC(=O)O)c1ccccc1. The zero-order chi connectivity index (χ0) is 25.2. The lowest BCUT2D eigenvalue weighted by Gasteiger charge is -2.18. The first-order valence-electron chi connectivity index (χ1n) is 12.0. The molecule has 0 saturated carbocycles. The molecule has 1 aromatic heterocycles. The van der Waals surface area contributed by atoms with E-state index in [9.17, 15) is 9.59 Å². The van der Waals surface area contributed by atoms with Crippen molar-refractivity contribution in [3.8, 4) is 0 Å². The fourth-order valence-corrected chi connectivity index (χ4v) is 4.98. The Labute approximate surface area is 210 Å². The van der Waals surface area contributed by atoms with Crippen LogP contribution in [0.4, 0.5) is 10.5 Å². The van der Waals surface area contributed by atoms with E-state index in [0.29, 0.717) is 18.8 Å². The molecule has 3 aromatic rings. The molecule has 0 aliphatic heterocycles. The highest BCUT2D eigenvalue weighted by Gasteiger charge is 2.18. The van der Waals surface area contributed by atoms with Crippen LogP contribution in [-0.2, 0) is 6.54 Å². The summed E-state index contributed by atoms with van der Waals surface area (Å²) < 4.78 is 1.99. The van der Waals surface area contributed by atoms with Crippen LogP contribution in [0, 0.1) is 13.8 Å². The maximum Gasteiger partial charge on any atom is 0.404 e. The molecule has 0 fully saturated rings. The van der Waals surface area contributed by atoms with E-state index in [-0.39, 0.29) is 11.9 Å². The van der Waals surface area contributed by atoms with Gasteiger partial charge in [-0.25, -0.2) is 9.79 Å². The highest BCUT2D eigenvalue weighted by molar-refractivity contribution is 7.07. The highest BCUT2D eigenvalue weighted by Crippen LogP contribution is 2.19. The quantitative estimate of drug-likeness (QED) is 0.298. The number of unbranched alkanes of at least 4 members (excludes halogenated alkanes) is 2. The number of benzene rings is 2. The van der Waals surface area contributed by atoms with Crippen molar-refractivity contribution in [2.45, 2.75) is 59.0 Å². The van der Waals surface area contributed by atoms with Gasteiger partial charge in [-0.1, -0.05) is 43.3 Å². The van der Waals surface area contributed by atoms with Crippen molar-refractivity contribution >= 4 is 29.0 Å². The van der Waals surface area contributed by atoms with E-state index in [2.05, 4.69) is 23.6 Å². The average Bonchev–Trinajstić information content (AvgIpc) is 3.21. The summed E-state index contributed by atoms with van der Waals surface area (Å²) in [6, 6.07) is 16.1. The first-order valence-corrected chi connectivity index (χ1v) is 12.9. The zero-order valence-corrected chi connectivity index (χ0v) is 21.4. The van der Waals surface area contributed by atoms with Gasteiger partial charge in [0, 0.05) is 18.5 Å². The monoisotopic (exact) mass is 494 g/mol. The molecule has 0 aliphatic carbocycles. The minimum absolute atomic E-state index is 0.0704. The first kappa shape index (κ1) is 26.2. The molecular weight excluding hydrogens is 460 g/mol. The van der Waals surface area contributed by atoms with Crippen LogP contribution in [0.25, 0.3) is 0 Å². The number of aryl methyl sites for hydroxylation is 2. The largest absolute Gasteiger partial charge is 0.465 e. The molecule has 35 heavy (non-hydrogen) atoms. The predicted molar refractivity (Wildman–Crippen MR) is 140 cm³/mol. The van der Waals surface area contributed by atoms with Gasteiger partial charge in [0.1, 0.15) is 5.69 Å². The number of hydrogen-bond acceptors (Lipinski definition) is 4. The Balaban J connectivity index is 1.84. The lowest BCUT2D eigenvalue weighted by molar-refractivity contribution is 0.0925. The van der Waals surface area contributed by atoms with Crippen LogP contribution >= 0.6 is 11.3 Å². The number of amides is 2. The van der Waals surface area contributed by atoms with E-state index in [1.54, 1.807) is 0 Å². The second-order valence-electron chi connectivity index (χ2n) is 8.65. The molecule has 8 heteroatoms. The summed E-state index contributed by atoms with van der Waals surface area (Å²) in [7, 11) is 0. The minimum Gasteiger partial charge on any atom is -0.465 e. The van der Waals surface area contributed by atoms with Crippen molar-refractivity contribution in [3.05, 3.63) is 81.1 Å². The van der Waals surface area contributed by atoms with Crippen LogP contribution in [0.2, 0.25) is 0 Å². The van der Waals surface area contributed by atoms with Crippen LogP contribution in [0.5, 0.6) is 0 Å². The molecule has 186 valence electrons. The molecule has 3 rings (SSSR count). The van der Waals surface area contributed by atoms with E-state index in [1.165, 1.54) is 11.3 Å². The third kappa shape index (κ3) is 7.82. The van der Waals surface area contributed by atoms with Crippen molar-refractivity contribution in [1.29, 1.82) is 0 Å². The Kier molecular flexibility index (Phi) is 9.66. The van der Waals surface area contributed by atoms with Crippen molar-refractivity contribution in [1.82, 2.24) is 15.2 Å². The molecule has 1 heterocycles. The van der Waals surface area contributed by atoms with Gasteiger partial charge in [0.2, 0.25) is 0 Å². The Hall–Kier alpha value is -3.39. The average molecular weight is 495 g/mol. The van der Waals surface area contributed by atoms with E-state index in [1.807, 2.05) is 66.3 Å². The summed E-state index contributed by atoms with van der Waals surface area (Å²) in [6.45, 7) is 7.21. The topological polar surface area (TPSA) is 95.7 Å². The Morgan fingerprint density at radius 1 is 1.06 bits per heavy atom. The van der Waals surface area contributed by atoms with Gasteiger partial charge in [-0.2, -0.15) is 0 Å². The Bertz CT molecular complexity index is 1180. The number of carboxylic acid groups (broad SMARTS) is 1. The van der Waals surface area contributed by atoms with Crippen molar-refractivity contribution in [2.75, 3.05) is 6.54 Å². The number of thiazole rings is 1. The highest BCUT2D eigenvalue weighted by atomic mass is 32.1. The number of hydrogen-bond donors (Lipinski definition) is 3. The number of nitrogens with one attached hydrogen (secondary N) is 2. The molecule has 0 aliphatic rings. The lowest BCUT2D eigenvalue weighted by Crippen LogP contribution is -2.32. The maximum atomic E-state index is 13.4. The summed E-state index contributed by atoms with van der Waals surface area (Å²) in [6.07, 6.45) is 2.18. The first-order chi connectivity index (χ1) is 16.9. The zero-order valence-electron chi connectivity index (χ0n) is 20.6. The van der Waals surface area contributed by atoms with Gasteiger partial charge in [0.25, 0.3) is 5.91 Å². The van der Waals surface area contributed by atoms with Gasteiger partial charge in [-0.15, -0.1) is 11.3 Å². The molecule has 0 bridgehead atoms. The van der Waals surface area contributed by atoms with E-state index in [4.69, 9.17) is 10.1 Å². The molecular formula is C27H34N4O3S. The Morgan fingerprint density at radius 2 is 1.77 bits per heavy atom. The molecule has 1 atom stereocenters. The number of carbonyl (C=O) groups is 2. The molecule has 0 radical (unpaired) electrons. The normalized spacial score (nSPS) is 12.4. The summed E-state index contributed by atoms with van der Waals surface area (Å²) >= 11 is 1.46. The van der Waals surface area contributed by atoms with Crippen LogP contribution in [0.15, 0.2) is 58.9 Å². The standard InChI is InChI=1S/C27H34N4O3S/c1-4-23(21-11-7-5-8-12-21)30-25(32)24-18-35-26(29-22-16-19(2)15-20(3)17-22)31(24)14-10-6-9-13-28-27(33)34/h5,7-8,11-12,15-18,23,28H,4,6,9-10,13-14H2,1-3H3,(H,30,32)(H,33,34). The number of aromatic nitrogens is 1. The van der Waals surface area contributed by atoms with Crippen LogP contribution < -0.4 is 15.4 Å². The van der Waals surface area contributed by atoms with Crippen LogP contribution in [-0.4, -0.2) is 28.2 Å². The van der Waals surface area contributed by atoms with E-state index in [0.717, 1.165) is 52.9 Å². The number of rotatable bonds is 11. The molecule has 7 nitrogen and oxygen atoms in total. The second kappa shape index (κ2) is 12.9. The fraction of sp³-hybridized carbons (Fsp3) is 0.370. The van der Waals surface area contributed by atoms with E-state index >= 15 is 0 Å². The maximum absolute atomic E-state index is 13.4. The van der Waals surface area contributed by atoms with Gasteiger partial charge in [0.05, 0.1) is 11.7 Å². The van der Waals surface area contributed by atoms with Crippen molar-refractivity contribution < 1.29 is 14.7 Å². The number of nitrogens with zero attached hydrogens (tertiary/aromatic N) is 2. The van der Waals surface area contributed by atoms with Crippen LogP contribution in [0.3, 0.4) is 0 Å². The Morgan fingerprint density at radius 3 is 2.43 bits per heavy atom. The molecule has 2 amide bonds. The third-order valence-electron chi connectivity index (χ3n) is 5.71. The van der Waals surface area contributed by atoms with Gasteiger partial charge < -0.3 is 20.3 Å². The van der Waals surface area contributed by atoms with Gasteiger partial charge in [0.15, 0.2) is 4.80 Å². The summed E-state index contributed by atoms with van der Waals surface area (Å²) in [5, 5.41) is 16.2. The molecule has 0 spiro atoms. The molecule has 3 N–H and O–H groups in total. The fourth-order valence-electron chi connectivity index (χ4n) is 4.05. The lowest BCUT2D eigenvalue weighted by atomic mass is 10.0. The van der Waals surface area contributed by atoms with Gasteiger partial charge in [-0.05, 0) is 68.4 Å². The predicted octanol–water partition coefficient (Wildman–Crippen LogP) is 5.72. The molecule has 1 unspecified atom stereocenters. The van der Waals surface area contributed by atoms with Crippen molar-refractivity contribution in [3.63, 3.8) is 0 Å². The molecule has 0 saturated heterocycles.